The van der Waals surface area contributed by atoms with Crippen molar-refractivity contribution in [3.05, 3.63) is 65.7 Å². The van der Waals surface area contributed by atoms with E-state index >= 15 is 0 Å². The number of esters is 1. The third-order valence-corrected chi connectivity index (χ3v) is 11.5. The minimum Gasteiger partial charge on any atom is -0.458 e. The van der Waals surface area contributed by atoms with Gasteiger partial charge in [0.25, 0.3) is 0 Å². The zero-order valence-electron chi connectivity index (χ0n) is 33.7. The molecular formula is C42H51F3N6O9. The molecule has 8 atom stereocenters. The highest BCUT2D eigenvalue weighted by atomic mass is 19.4. The van der Waals surface area contributed by atoms with Crippen LogP contribution in [0.5, 0.6) is 5.75 Å². The second kappa shape index (κ2) is 18.7. The lowest BCUT2D eigenvalue weighted by Crippen LogP contribution is -2.63. The molecule has 0 saturated carbocycles. The number of piperidine rings is 1. The second-order valence-corrected chi connectivity index (χ2v) is 16.1. The first-order valence-corrected chi connectivity index (χ1v) is 20.4. The lowest BCUT2D eigenvalue weighted by molar-refractivity contribution is -0.274. The van der Waals surface area contributed by atoms with E-state index in [-0.39, 0.29) is 51.2 Å². The van der Waals surface area contributed by atoms with Gasteiger partial charge < -0.3 is 40.1 Å². The summed E-state index contributed by atoms with van der Waals surface area (Å²) in [5, 5.41) is 8.17. The molecule has 4 heterocycles. The number of nitrogens with zero attached hydrogens (tertiary/aromatic N) is 3. The van der Waals surface area contributed by atoms with Crippen LogP contribution in [0, 0.1) is 5.92 Å². The summed E-state index contributed by atoms with van der Waals surface area (Å²) in [6, 6.07) is 6.64. The summed E-state index contributed by atoms with van der Waals surface area (Å²) in [4.78, 5) is 102. The molecule has 2 aromatic carbocycles. The number of nitrogens with one attached hydrogen (secondary N) is 3. The number of hydrogen-bond donors (Lipinski definition) is 3. The van der Waals surface area contributed by atoms with Gasteiger partial charge >= 0.3 is 12.3 Å². The lowest BCUT2D eigenvalue weighted by Gasteiger charge is -2.39. The summed E-state index contributed by atoms with van der Waals surface area (Å²) < 4.78 is 47.9. The van der Waals surface area contributed by atoms with Gasteiger partial charge in [0.1, 0.15) is 48.1 Å². The monoisotopic (exact) mass is 840 g/mol. The standard InChI is InChI=1S/C42H51F3N6O9/c1-24-20-33-41(58)59-26(3)35(40(57)50-19-9-13-32(50)39(56)49-18-8-7-12-31(49)37(54)46-25(2)38(55)51(33)23-24)48-36(53)30(21-27-10-5-4-6-11-27)47-34(52)22-28-14-16-29(17-15-28)60-42(43,44)45/h4-6,10-11,14-17,24-26,30-33,35H,7-9,12-13,18-23H2,1-3H3,(H,46,54)(H,47,52)(H,48,53)/t24-,25+,26+,30+,31+,32+,33+,35+/m1/s1. The molecule has 0 radical (unpaired) electrons. The summed E-state index contributed by atoms with van der Waals surface area (Å²) in [5.74, 6) is -5.02. The van der Waals surface area contributed by atoms with Gasteiger partial charge in [0, 0.05) is 26.1 Å². The van der Waals surface area contributed by atoms with Gasteiger partial charge in [-0.2, -0.15) is 0 Å². The van der Waals surface area contributed by atoms with Crippen molar-refractivity contribution < 1.29 is 56.2 Å². The van der Waals surface area contributed by atoms with Crippen molar-refractivity contribution in [3.63, 3.8) is 0 Å². The van der Waals surface area contributed by atoms with E-state index in [1.165, 1.54) is 40.7 Å². The number of carbonyl (C=O) groups is 7. The van der Waals surface area contributed by atoms with E-state index in [1.807, 2.05) is 6.92 Å². The van der Waals surface area contributed by atoms with Crippen molar-refractivity contribution in [1.82, 2.24) is 30.7 Å². The van der Waals surface area contributed by atoms with Crippen LogP contribution in [0.4, 0.5) is 13.2 Å². The number of benzene rings is 2. The van der Waals surface area contributed by atoms with Gasteiger partial charge in [-0.25, -0.2) is 4.79 Å². The van der Waals surface area contributed by atoms with Crippen LogP contribution in [0.3, 0.4) is 0 Å². The van der Waals surface area contributed by atoms with E-state index in [0.29, 0.717) is 36.8 Å². The predicted molar refractivity (Wildman–Crippen MR) is 207 cm³/mol. The highest BCUT2D eigenvalue weighted by molar-refractivity contribution is 5.98. The molecule has 6 amide bonds. The topological polar surface area (TPSA) is 184 Å². The largest absolute Gasteiger partial charge is 0.573 e. The molecule has 15 nitrogen and oxygen atoms in total. The first-order valence-electron chi connectivity index (χ1n) is 20.4. The number of carbonyl (C=O) groups excluding carboxylic acids is 7. The molecule has 0 aliphatic carbocycles. The minimum atomic E-state index is -4.90. The molecule has 2 aromatic rings. The molecular weight excluding hydrogens is 789 g/mol. The Morgan fingerprint density at radius 3 is 2.18 bits per heavy atom. The normalized spacial score (nSPS) is 27.3. The first-order chi connectivity index (χ1) is 28.5. The van der Waals surface area contributed by atoms with E-state index in [2.05, 4.69) is 20.7 Å². The van der Waals surface area contributed by atoms with Crippen molar-refractivity contribution in [3.8, 4) is 5.75 Å². The van der Waals surface area contributed by atoms with Gasteiger partial charge in [0.05, 0.1) is 6.42 Å². The summed E-state index contributed by atoms with van der Waals surface area (Å²) in [6.07, 6.45) is -3.93. The molecule has 0 aromatic heterocycles. The number of amides is 6. The Labute approximate surface area is 345 Å². The Hall–Kier alpha value is -5.68. The number of ether oxygens (including phenoxy) is 2. The Morgan fingerprint density at radius 2 is 1.48 bits per heavy atom. The molecule has 4 aliphatic heterocycles. The SMILES string of the molecule is C[C@@H]1C[C@H]2C(=O)O[C@@H](C)[C@H](NC(=O)[C@H](Cc3ccccc3)NC(=O)Cc3ccc(OC(F)(F)F)cc3)C(=O)N3CCC[C@H]3C(=O)N3CCCC[C@H]3C(=O)N[C@@H](C)C(=O)N2C1. The highest BCUT2D eigenvalue weighted by Gasteiger charge is 2.47. The Bertz CT molecular complexity index is 1930. The van der Waals surface area contributed by atoms with Crippen molar-refractivity contribution >= 4 is 41.4 Å². The Balaban J connectivity index is 1.29. The molecule has 324 valence electrons. The lowest BCUT2D eigenvalue weighted by atomic mass is 9.99. The van der Waals surface area contributed by atoms with E-state index in [1.54, 1.807) is 30.3 Å². The van der Waals surface area contributed by atoms with Crippen LogP contribution in [0.25, 0.3) is 0 Å². The molecule has 4 fully saturated rings. The van der Waals surface area contributed by atoms with Crippen LogP contribution in [-0.2, 0) is 51.1 Å². The maximum Gasteiger partial charge on any atom is 0.573 e. The molecule has 6 rings (SSSR count). The smallest absolute Gasteiger partial charge is 0.458 e. The average Bonchev–Trinajstić information content (AvgIpc) is 3.86. The van der Waals surface area contributed by atoms with Gasteiger partial charge in [0.15, 0.2) is 0 Å². The van der Waals surface area contributed by atoms with Gasteiger partial charge in [-0.05, 0) is 81.5 Å². The van der Waals surface area contributed by atoms with Gasteiger partial charge in [-0.15, -0.1) is 13.2 Å². The molecule has 4 saturated heterocycles. The van der Waals surface area contributed by atoms with Crippen LogP contribution < -0.4 is 20.7 Å². The number of hydrogen-bond acceptors (Lipinski definition) is 9. The number of cyclic esters (lactones) is 1. The summed E-state index contributed by atoms with van der Waals surface area (Å²) >= 11 is 0. The molecule has 18 heteroatoms. The van der Waals surface area contributed by atoms with Crippen LogP contribution in [0.15, 0.2) is 54.6 Å². The van der Waals surface area contributed by atoms with Crippen molar-refractivity contribution in [2.24, 2.45) is 5.92 Å². The predicted octanol–water partition coefficient (Wildman–Crippen LogP) is 2.40. The number of halogens is 3. The van der Waals surface area contributed by atoms with Crippen LogP contribution >= 0.6 is 0 Å². The van der Waals surface area contributed by atoms with Crippen molar-refractivity contribution in [1.29, 1.82) is 0 Å². The molecule has 3 N–H and O–H groups in total. The maximum atomic E-state index is 14.7. The zero-order chi connectivity index (χ0) is 43.3. The van der Waals surface area contributed by atoms with Crippen LogP contribution in [-0.4, -0.2) is 124 Å². The number of rotatable bonds is 8. The third kappa shape index (κ3) is 10.5. The van der Waals surface area contributed by atoms with Crippen molar-refractivity contribution in [2.75, 3.05) is 19.6 Å². The summed E-state index contributed by atoms with van der Waals surface area (Å²) in [7, 11) is 0. The van der Waals surface area contributed by atoms with Crippen LogP contribution in [0.1, 0.15) is 70.4 Å². The Morgan fingerprint density at radius 1 is 0.817 bits per heavy atom. The van der Waals surface area contributed by atoms with Gasteiger partial charge in [-0.1, -0.05) is 49.4 Å². The van der Waals surface area contributed by atoms with Gasteiger partial charge in [-0.3, -0.25) is 28.8 Å². The first kappa shape index (κ1) is 43.9. The summed E-state index contributed by atoms with van der Waals surface area (Å²) in [6.45, 7) is 5.45. The molecule has 0 bridgehead atoms. The Kier molecular flexibility index (Phi) is 13.7. The maximum absolute atomic E-state index is 14.7. The fraction of sp³-hybridized carbons (Fsp3) is 0.548. The zero-order valence-corrected chi connectivity index (χ0v) is 33.7. The van der Waals surface area contributed by atoms with E-state index in [9.17, 15) is 46.7 Å². The molecule has 60 heavy (non-hydrogen) atoms. The highest BCUT2D eigenvalue weighted by Crippen LogP contribution is 2.29. The molecule has 0 spiro atoms. The van der Waals surface area contributed by atoms with Gasteiger partial charge in [0.2, 0.25) is 35.4 Å². The fourth-order valence-corrected chi connectivity index (χ4v) is 8.52. The summed E-state index contributed by atoms with van der Waals surface area (Å²) in [5.41, 5.74) is 0.977. The van der Waals surface area contributed by atoms with Crippen molar-refractivity contribution in [2.45, 2.75) is 121 Å². The molecule has 0 unspecified atom stereocenters. The van der Waals surface area contributed by atoms with E-state index in [0.717, 1.165) is 12.1 Å². The number of alkyl halides is 3. The quantitative estimate of drug-likeness (QED) is 0.336. The third-order valence-electron chi connectivity index (χ3n) is 11.5. The van der Waals surface area contributed by atoms with Crippen LogP contribution in [0.2, 0.25) is 0 Å². The molecule has 4 aliphatic rings. The fourth-order valence-electron chi connectivity index (χ4n) is 8.52. The second-order valence-electron chi connectivity index (χ2n) is 16.1. The average molecular weight is 841 g/mol. The minimum absolute atomic E-state index is 0.0374. The van der Waals surface area contributed by atoms with E-state index < -0.39 is 95.9 Å². The van der Waals surface area contributed by atoms with E-state index in [4.69, 9.17) is 4.74 Å². The number of fused-ring (bicyclic) bond motifs is 3.